The first-order valence-electron chi connectivity index (χ1n) is 5.60. The first-order valence-corrected chi connectivity index (χ1v) is 5.60. The first kappa shape index (κ1) is 15.0. The molecule has 1 aromatic rings. The van der Waals surface area contributed by atoms with E-state index in [1.54, 1.807) is 13.8 Å². The minimum absolute atomic E-state index is 0.0428. The number of carbonyl (C=O) groups is 1. The number of nitrogens with zero attached hydrogens (tertiary/aromatic N) is 1. The molecule has 0 saturated carbocycles. The average Bonchev–Trinajstić information content (AvgIpc) is 2.27. The van der Waals surface area contributed by atoms with Crippen LogP contribution in [0, 0.1) is 27.7 Å². The van der Waals surface area contributed by atoms with Gasteiger partial charge in [0.25, 0.3) is 0 Å². The van der Waals surface area contributed by atoms with E-state index in [9.17, 15) is 23.7 Å². The topological polar surface area (TPSA) is 80.4 Å². The van der Waals surface area contributed by atoms with Gasteiger partial charge < -0.3 is 5.11 Å². The number of carboxylic acid groups (broad SMARTS) is 1. The van der Waals surface area contributed by atoms with Crippen LogP contribution in [0.4, 0.5) is 14.5 Å². The van der Waals surface area contributed by atoms with Gasteiger partial charge in [0.15, 0.2) is 0 Å². The van der Waals surface area contributed by atoms with Crippen LogP contribution in [0.5, 0.6) is 0 Å². The zero-order valence-electron chi connectivity index (χ0n) is 10.4. The normalized spacial score (nSPS) is 12.5. The summed E-state index contributed by atoms with van der Waals surface area (Å²) in [7, 11) is 0. The van der Waals surface area contributed by atoms with Crippen LogP contribution in [0.1, 0.15) is 31.7 Å². The highest BCUT2D eigenvalue weighted by Gasteiger charge is 2.28. The predicted octanol–water partition coefficient (Wildman–Crippen LogP) is 3.09. The van der Waals surface area contributed by atoms with Crippen molar-refractivity contribution in [1.82, 2.24) is 0 Å². The van der Waals surface area contributed by atoms with Gasteiger partial charge in [0.2, 0.25) is 5.82 Å². The van der Waals surface area contributed by atoms with Crippen molar-refractivity contribution in [2.24, 2.45) is 5.92 Å². The van der Waals surface area contributed by atoms with E-state index in [1.807, 2.05) is 0 Å². The molecule has 0 aliphatic carbocycles. The molecule has 0 amide bonds. The lowest BCUT2D eigenvalue weighted by Gasteiger charge is -2.15. The van der Waals surface area contributed by atoms with E-state index < -0.39 is 34.1 Å². The minimum Gasteiger partial charge on any atom is -0.481 e. The van der Waals surface area contributed by atoms with Crippen LogP contribution in [-0.2, 0) is 4.79 Å². The molecule has 0 unspecified atom stereocenters. The maximum absolute atomic E-state index is 13.7. The van der Waals surface area contributed by atoms with E-state index in [-0.39, 0.29) is 17.9 Å². The van der Waals surface area contributed by atoms with Gasteiger partial charge in [-0.2, -0.15) is 4.39 Å². The molecule has 7 heteroatoms. The number of nitro groups is 1. The quantitative estimate of drug-likeness (QED) is 0.660. The third-order valence-electron chi connectivity index (χ3n) is 2.64. The standard InChI is InChI=1S/C12H13F2NO4/c1-6(2)3-8(12(16)17)7-4-10(14)11(15(18)19)5-9(7)13/h4-6,8H,3H2,1-2H3,(H,16,17)/t8-/m0/s1. The van der Waals surface area contributed by atoms with Crippen molar-refractivity contribution in [3.8, 4) is 0 Å². The fourth-order valence-corrected chi connectivity index (χ4v) is 1.79. The number of aliphatic carboxylic acids is 1. The van der Waals surface area contributed by atoms with E-state index in [4.69, 9.17) is 5.11 Å². The molecule has 104 valence electrons. The van der Waals surface area contributed by atoms with Gasteiger partial charge in [0.05, 0.1) is 16.9 Å². The first-order chi connectivity index (χ1) is 8.73. The monoisotopic (exact) mass is 273 g/mol. The Kier molecular flexibility index (Phi) is 4.52. The van der Waals surface area contributed by atoms with Gasteiger partial charge in [-0.15, -0.1) is 0 Å². The highest BCUT2D eigenvalue weighted by molar-refractivity contribution is 5.76. The van der Waals surface area contributed by atoms with Crippen LogP contribution in [0.2, 0.25) is 0 Å². The van der Waals surface area contributed by atoms with Gasteiger partial charge in [0.1, 0.15) is 5.82 Å². The molecule has 19 heavy (non-hydrogen) atoms. The summed E-state index contributed by atoms with van der Waals surface area (Å²) in [4.78, 5) is 20.5. The number of halogens is 2. The lowest BCUT2D eigenvalue weighted by Crippen LogP contribution is -2.16. The molecule has 1 atom stereocenters. The summed E-state index contributed by atoms with van der Waals surface area (Å²) >= 11 is 0. The Labute approximate surface area is 108 Å². The van der Waals surface area contributed by atoms with Crippen molar-refractivity contribution in [2.75, 3.05) is 0 Å². The highest BCUT2D eigenvalue weighted by atomic mass is 19.1. The Balaban J connectivity index is 3.29. The summed E-state index contributed by atoms with van der Waals surface area (Å²) in [6.07, 6.45) is 0.115. The molecule has 0 spiro atoms. The number of carboxylic acids is 1. The van der Waals surface area contributed by atoms with Crippen LogP contribution in [0.25, 0.3) is 0 Å². The molecular formula is C12H13F2NO4. The zero-order valence-corrected chi connectivity index (χ0v) is 10.4. The second kappa shape index (κ2) is 5.73. The van der Waals surface area contributed by atoms with Gasteiger partial charge in [0, 0.05) is 5.56 Å². The Morgan fingerprint density at radius 3 is 2.37 bits per heavy atom. The molecule has 0 aliphatic heterocycles. The number of benzene rings is 1. The fourth-order valence-electron chi connectivity index (χ4n) is 1.79. The second-order valence-corrected chi connectivity index (χ2v) is 4.60. The van der Waals surface area contributed by atoms with Crippen molar-refractivity contribution >= 4 is 11.7 Å². The Morgan fingerprint density at radius 1 is 1.37 bits per heavy atom. The fraction of sp³-hybridized carbons (Fsp3) is 0.417. The molecular weight excluding hydrogens is 260 g/mol. The van der Waals surface area contributed by atoms with Gasteiger partial charge in [-0.05, 0) is 18.4 Å². The van der Waals surface area contributed by atoms with E-state index in [0.717, 1.165) is 0 Å². The van der Waals surface area contributed by atoms with E-state index in [2.05, 4.69) is 0 Å². The van der Waals surface area contributed by atoms with Crippen LogP contribution < -0.4 is 0 Å². The van der Waals surface area contributed by atoms with Gasteiger partial charge in [-0.25, -0.2) is 4.39 Å². The summed E-state index contributed by atoms with van der Waals surface area (Å²) in [5.41, 5.74) is -1.38. The predicted molar refractivity (Wildman–Crippen MR) is 62.8 cm³/mol. The van der Waals surface area contributed by atoms with Crippen LogP contribution >= 0.6 is 0 Å². The largest absolute Gasteiger partial charge is 0.481 e. The van der Waals surface area contributed by atoms with Gasteiger partial charge >= 0.3 is 11.7 Å². The summed E-state index contributed by atoms with van der Waals surface area (Å²) in [5, 5.41) is 19.5. The van der Waals surface area contributed by atoms with Crippen molar-refractivity contribution in [3.05, 3.63) is 39.4 Å². The van der Waals surface area contributed by atoms with Crippen LogP contribution in [0.3, 0.4) is 0 Å². The number of hydrogen-bond donors (Lipinski definition) is 1. The summed E-state index contributed by atoms with van der Waals surface area (Å²) in [6, 6.07) is 1.01. The lowest BCUT2D eigenvalue weighted by atomic mass is 9.90. The molecule has 0 aliphatic rings. The van der Waals surface area contributed by atoms with E-state index >= 15 is 0 Å². The van der Waals surface area contributed by atoms with Crippen LogP contribution in [-0.4, -0.2) is 16.0 Å². The number of hydrogen-bond acceptors (Lipinski definition) is 3. The maximum atomic E-state index is 13.7. The molecule has 0 saturated heterocycles. The summed E-state index contributed by atoms with van der Waals surface area (Å²) in [6.45, 7) is 3.49. The van der Waals surface area contributed by atoms with Crippen molar-refractivity contribution in [3.63, 3.8) is 0 Å². The van der Waals surface area contributed by atoms with Gasteiger partial charge in [-0.3, -0.25) is 14.9 Å². The molecule has 0 heterocycles. The Morgan fingerprint density at radius 2 is 1.95 bits per heavy atom. The molecule has 0 fully saturated rings. The SMILES string of the molecule is CC(C)C[C@H](C(=O)O)c1cc(F)c([N+](=O)[O-])cc1F. The van der Waals surface area contributed by atoms with Crippen molar-refractivity contribution in [2.45, 2.75) is 26.2 Å². The molecule has 1 rings (SSSR count). The number of nitro benzene ring substituents is 1. The highest BCUT2D eigenvalue weighted by Crippen LogP contribution is 2.30. The van der Waals surface area contributed by atoms with Gasteiger partial charge in [-0.1, -0.05) is 13.8 Å². The Hall–Kier alpha value is -2.05. The van der Waals surface area contributed by atoms with Crippen molar-refractivity contribution in [1.29, 1.82) is 0 Å². The second-order valence-electron chi connectivity index (χ2n) is 4.60. The van der Waals surface area contributed by atoms with E-state index in [1.165, 1.54) is 0 Å². The Bertz CT molecular complexity index is 517. The third-order valence-corrected chi connectivity index (χ3v) is 2.64. The molecule has 0 aromatic heterocycles. The molecule has 0 bridgehead atoms. The lowest BCUT2D eigenvalue weighted by molar-refractivity contribution is -0.387. The van der Waals surface area contributed by atoms with Crippen molar-refractivity contribution < 1.29 is 23.6 Å². The third kappa shape index (κ3) is 3.46. The maximum Gasteiger partial charge on any atom is 0.311 e. The molecule has 0 radical (unpaired) electrons. The zero-order chi connectivity index (χ0) is 14.7. The van der Waals surface area contributed by atoms with Crippen LogP contribution in [0.15, 0.2) is 12.1 Å². The number of rotatable bonds is 5. The average molecular weight is 273 g/mol. The summed E-state index contributed by atoms with van der Waals surface area (Å²) < 4.78 is 27.2. The molecule has 1 aromatic carbocycles. The summed E-state index contributed by atoms with van der Waals surface area (Å²) in [5.74, 6) is -4.88. The minimum atomic E-state index is -1.29. The smallest absolute Gasteiger partial charge is 0.311 e. The molecule has 1 N–H and O–H groups in total. The van der Waals surface area contributed by atoms with E-state index in [0.29, 0.717) is 12.1 Å². The molecule has 5 nitrogen and oxygen atoms in total.